The van der Waals surface area contributed by atoms with Gasteiger partial charge in [0.1, 0.15) is 11.5 Å². The first-order valence-corrected chi connectivity index (χ1v) is 8.81. The van der Waals surface area contributed by atoms with E-state index in [9.17, 15) is 14.7 Å². The van der Waals surface area contributed by atoms with E-state index in [-0.39, 0.29) is 11.5 Å². The van der Waals surface area contributed by atoms with Gasteiger partial charge in [-0.1, -0.05) is 33.6 Å². The second-order valence-corrected chi connectivity index (χ2v) is 6.71. The molecule has 0 bridgehead atoms. The van der Waals surface area contributed by atoms with E-state index in [4.69, 9.17) is 16.0 Å². The van der Waals surface area contributed by atoms with Gasteiger partial charge in [0.2, 0.25) is 0 Å². The maximum Gasteiger partial charge on any atom is 0.271 e. The Morgan fingerprint density at radius 3 is 2.48 bits per heavy atom. The predicted molar refractivity (Wildman–Crippen MR) is 103 cm³/mol. The normalized spacial score (nSPS) is 10.9. The number of benzene rings is 2. The number of carbonyl (C=O) groups excluding carboxylic acids is 2. The molecule has 3 rings (SSSR count). The third-order valence-electron chi connectivity index (χ3n) is 3.56. The number of carboxylic acid groups (broad SMARTS) is 1. The summed E-state index contributed by atoms with van der Waals surface area (Å²) < 4.78 is 6.45. The molecule has 1 N–H and O–H groups in total. The van der Waals surface area contributed by atoms with E-state index < -0.39 is 5.97 Å². The lowest BCUT2D eigenvalue weighted by atomic mass is 10.1. The molecule has 0 aliphatic heterocycles. The lowest BCUT2D eigenvalue weighted by molar-refractivity contribution is -0.255. The Kier molecular flexibility index (Phi) is 5.73. The van der Waals surface area contributed by atoms with Crippen molar-refractivity contribution in [3.63, 3.8) is 0 Å². The van der Waals surface area contributed by atoms with Crippen molar-refractivity contribution in [3.05, 3.63) is 81.0 Å². The van der Waals surface area contributed by atoms with Gasteiger partial charge in [-0.05, 0) is 54.1 Å². The van der Waals surface area contributed by atoms with Crippen molar-refractivity contribution in [2.45, 2.75) is 0 Å². The van der Waals surface area contributed by atoms with Crippen LogP contribution in [0.15, 0.2) is 68.6 Å². The molecule has 0 saturated carbocycles. The van der Waals surface area contributed by atoms with Gasteiger partial charge in [0, 0.05) is 15.6 Å². The molecule has 1 amide bonds. The molecule has 0 fully saturated rings. The molecule has 0 unspecified atom stereocenters. The van der Waals surface area contributed by atoms with Crippen molar-refractivity contribution in [2.75, 3.05) is 0 Å². The molecule has 1 heterocycles. The Morgan fingerprint density at radius 1 is 1.07 bits per heavy atom. The first-order valence-electron chi connectivity index (χ1n) is 7.64. The number of nitrogens with one attached hydrogen (secondary N) is 1. The second kappa shape index (κ2) is 8.20. The van der Waals surface area contributed by atoms with Gasteiger partial charge in [-0.15, -0.1) is 0 Å². The van der Waals surface area contributed by atoms with Crippen LogP contribution in [0.5, 0.6) is 0 Å². The van der Waals surface area contributed by atoms with Crippen molar-refractivity contribution in [1.29, 1.82) is 0 Å². The fourth-order valence-corrected chi connectivity index (χ4v) is 2.70. The van der Waals surface area contributed by atoms with Crippen LogP contribution in [0, 0.1) is 0 Å². The zero-order valence-electron chi connectivity index (χ0n) is 13.6. The van der Waals surface area contributed by atoms with Gasteiger partial charge in [0.15, 0.2) is 0 Å². The van der Waals surface area contributed by atoms with Gasteiger partial charge in [0.05, 0.1) is 17.2 Å². The van der Waals surface area contributed by atoms with Crippen LogP contribution in [0.2, 0.25) is 5.02 Å². The fourth-order valence-electron chi connectivity index (χ4n) is 2.23. The quantitative estimate of drug-likeness (QED) is 0.479. The summed E-state index contributed by atoms with van der Waals surface area (Å²) in [6, 6.07) is 14.2. The molecular weight excluding hydrogens is 436 g/mol. The molecular formula is C19H11BrClN2O4-. The molecule has 0 saturated heterocycles. The summed E-state index contributed by atoms with van der Waals surface area (Å²) >= 11 is 9.40. The number of hydrogen-bond acceptors (Lipinski definition) is 5. The largest absolute Gasteiger partial charge is 0.545 e. The van der Waals surface area contributed by atoms with E-state index in [0.29, 0.717) is 27.7 Å². The van der Waals surface area contributed by atoms with Crippen LogP contribution in [0.4, 0.5) is 0 Å². The smallest absolute Gasteiger partial charge is 0.271 e. The number of rotatable bonds is 5. The Bertz CT molecular complexity index is 1030. The lowest BCUT2D eigenvalue weighted by Gasteiger charge is -2.06. The fraction of sp³-hybridized carbons (Fsp3) is 0. The third kappa shape index (κ3) is 4.64. The number of nitrogens with zero attached hydrogens (tertiary/aromatic N) is 1. The highest BCUT2D eigenvalue weighted by Crippen LogP contribution is 2.30. The summed E-state index contributed by atoms with van der Waals surface area (Å²) in [5.41, 5.74) is 3.26. The van der Waals surface area contributed by atoms with Crippen LogP contribution in [-0.2, 0) is 0 Å². The molecule has 3 aromatic rings. The van der Waals surface area contributed by atoms with E-state index in [1.54, 1.807) is 36.4 Å². The minimum atomic E-state index is -1.31. The molecule has 0 aliphatic carbocycles. The summed E-state index contributed by atoms with van der Waals surface area (Å²) in [6.45, 7) is 0. The van der Waals surface area contributed by atoms with Gasteiger partial charge in [-0.2, -0.15) is 5.10 Å². The van der Waals surface area contributed by atoms with Crippen LogP contribution < -0.4 is 10.5 Å². The predicted octanol–water partition coefficient (Wildman–Crippen LogP) is 3.49. The van der Waals surface area contributed by atoms with Crippen LogP contribution in [0.25, 0.3) is 11.3 Å². The van der Waals surface area contributed by atoms with Crippen molar-refractivity contribution in [1.82, 2.24) is 5.43 Å². The van der Waals surface area contributed by atoms with E-state index in [1.165, 1.54) is 24.4 Å². The van der Waals surface area contributed by atoms with E-state index >= 15 is 0 Å². The van der Waals surface area contributed by atoms with Crippen molar-refractivity contribution < 1.29 is 19.1 Å². The monoisotopic (exact) mass is 445 g/mol. The highest BCUT2D eigenvalue weighted by atomic mass is 79.9. The number of furan rings is 1. The molecule has 6 nitrogen and oxygen atoms in total. The number of carboxylic acids is 1. The lowest BCUT2D eigenvalue weighted by Crippen LogP contribution is -2.22. The van der Waals surface area contributed by atoms with Crippen molar-refractivity contribution >= 4 is 45.6 Å². The van der Waals surface area contributed by atoms with Gasteiger partial charge >= 0.3 is 0 Å². The number of hydrazone groups is 1. The molecule has 0 radical (unpaired) electrons. The van der Waals surface area contributed by atoms with E-state index in [1.807, 2.05) is 0 Å². The summed E-state index contributed by atoms with van der Waals surface area (Å²) in [5, 5.41) is 15.2. The number of carbonyl (C=O) groups is 2. The van der Waals surface area contributed by atoms with Gasteiger partial charge in [-0.25, -0.2) is 5.43 Å². The summed E-state index contributed by atoms with van der Waals surface area (Å²) in [7, 11) is 0. The molecule has 27 heavy (non-hydrogen) atoms. The molecule has 1 aromatic heterocycles. The van der Waals surface area contributed by atoms with Crippen LogP contribution in [0.1, 0.15) is 26.5 Å². The topological polar surface area (TPSA) is 94.7 Å². The molecule has 2 aromatic carbocycles. The van der Waals surface area contributed by atoms with E-state index in [0.717, 1.165) is 4.47 Å². The number of halogens is 2. The number of aromatic carboxylic acids is 1. The maximum atomic E-state index is 12.0. The highest BCUT2D eigenvalue weighted by molar-refractivity contribution is 9.10. The zero-order valence-corrected chi connectivity index (χ0v) is 16.0. The van der Waals surface area contributed by atoms with Crippen LogP contribution >= 0.6 is 27.5 Å². The Labute approximate surface area is 167 Å². The first kappa shape index (κ1) is 18.9. The third-order valence-corrected chi connectivity index (χ3v) is 4.42. The minimum absolute atomic E-state index is 0.0113. The molecule has 0 aliphatic rings. The Morgan fingerprint density at radius 2 is 1.78 bits per heavy atom. The van der Waals surface area contributed by atoms with Gasteiger partial charge in [-0.3, -0.25) is 4.79 Å². The average molecular weight is 447 g/mol. The molecule has 8 heteroatoms. The van der Waals surface area contributed by atoms with Gasteiger partial charge in [0.25, 0.3) is 5.91 Å². The SMILES string of the molecule is O=C([O-])c1ccc(Cl)c(-c2ccc(/C=N/NC(=O)c3ccc(Br)cc3)o2)c1. The summed E-state index contributed by atoms with van der Waals surface area (Å²) in [6.07, 6.45) is 1.33. The number of hydrogen-bond donors (Lipinski definition) is 1. The minimum Gasteiger partial charge on any atom is -0.545 e. The van der Waals surface area contributed by atoms with Crippen molar-refractivity contribution in [2.24, 2.45) is 5.10 Å². The van der Waals surface area contributed by atoms with Crippen LogP contribution in [0.3, 0.4) is 0 Å². The molecule has 136 valence electrons. The standard InChI is InChI=1S/C19H12BrClN2O4/c20-13-4-1-11(2-5-13)18(24)23-22-10-14-6-8-17(27-14)15-9-12(19(25)26)3-7-16(15)21/h1-10H,(H,23,24)(H,25,26)/p-1/b22-10+. The number of amides is 1. The van der Waals surface area contributed by atoms with E-state index in [2.05, 4.69) is 26.5 Å². The summed E-state index contributed by atoms with van der Waals surface area (Å²) in [5.74, 6) is -0.952. The zero-order chi connectivity index (χ0) is 19.4. The Balaban J connectivity index is 1.72. The highest BCUT2D eigenvalue weighted by Gasteiger charge is 2.10. The first-order chi connectivity index (χ1) is 12.9. The second-order valence-electron chi connectivity index (χ2n) is 5.39. The van der Waals surface area contributed by atoms with Gasteiger partial charge < -0.3 is 14.3 Å². The molecule has 0 spiro atoms. The van der Waals surface area contributed by atoms with Crippen molar-refractivity contribution in [3.8, 4) is 11.3 Å². The maximum absolute atomic E-state index is 12.0. The molecule has 0 atom stereocenters. The summed E-state index contributed by atoms with van der Waals surface area (Å²) in [4.78, 5) is 23.0. The van der Waals surface area contributed by atoms with Crippen LogP contribution in [-0.4, -0.2) is 18.1 Å². The Hall–Kier alpha value is -2.90. The average Bonchev–Trinajstić information content (AvgIpc) is 3.11.